The molecule has 0 bridgehead atoms. The van der Waals surface area contributed by atoms with Crippen LogP contribution in [0.1, 0.15) is 47.0 Å². The van der Waals surface area contributed by atoms with Gasteiger partial charge in [-0.05, 0) is 51.7 Å². The lowest BCUT2D eigenvalue weighted by Crippen LogP contribution is -2.19. The second-order valence-electron chi connectivity index (χ2n) is 4.96. The first kappa shape index (κ1) is 11.4. The summed E-state index contributed by atoms with van der Waals surface area (Å²) in [4.78, 5) is 0. The van der Waals surface area contributed by atoms with E-state index in [2.05, 4.69) is 45.9 Å². The molecule has 0 spiro atoms. The van der Waals surface area contributed by atoms with E-state index in [1.165, 1.54) is 12.8 Å². The van der Waals surface area contributed by atoms with Crippen molar-refractivity contribution in [2.24, 2.45) is 5.92 Å². The Labute approximate surface area is 87.8 Å². The van der Waals surface area contributed by atoms with E-state index in [1.54, 1.807) is 0 Å². The van der Waals surface area contributed by atoms with Crippen molar-refractivity contribution in [1.82, 2.24) is 0 Å². The third-order valence-electron chi connectivity index (χ3n) is 2.24. The molecule has 0 aliphatic heterocycles. The maximum Gasteiger partial charge on any atom is 0.115 e. The van der Waals surface area contributed by atoms with Crippen molar-refractivity contribution >= 4 is 0 Å². The van der Waals surface area contributed by atoms with E-state index in [0.29, 0.717) is 0 Å². The lowest BCUT2D eigenvalue weighted by atomic mass is 9.95. The van der Waals surface area contributed by atoms with Crippen molar-refractivity contribution in [3.63, 3.8) is 0 Å². The summed E-state index contributed by atoms with van der Waals surface area (Å²) >= 11 is 0. The number of rotatable bonds is 3. The molecule has 0 aromatic carbocycles. The van der Waals surface area contributed by atoms with Gasteiger partial charge in [0.25, 0.3) is 0 Å². The molecule has 1 heteroatoms. The zero-order valence-electron chi connectivity index (χ0n) is 9.84. The molecule has 0 saturated heterocycles. The van der Waals surface area contributed by atoms with Crippen molar-refractivity contribution in [2.75, 3.05) is 0 Å². The number of ether oxygens (including phenoxy) is 1. The predicted molar refractivity (Wildman–Crippen MR) is 61.1 cm³/mol. The minimum Gasteiger partial charge on any atom is -0.489 e. The average molecular weight is 194 g/mol. The molecule has 14 heavy (non-hydrogen) atoms. The number of allylic oxidation sites excluding steroid dienone is 3. The molecule has 1 aliphatic carbocycles. The number of hydrogen-bond acceptors (Lipinski definition) is 1. The van der Waals surface area contributed by atoms with Gasteiger partial charge in [0.05, 0.1) is 0 Å². The third kappa shape index (κ3) is 3.99. The first-order valence-corrected chi connectivity index (χ1v) is 5.58. The minimum absolute atomic E-state index is 0.0756. The van der Waals surface area contributed by atoms with Crippen LogP contribution in [-0.4, -0.2) is 5.60 Å². The standard InChI is InChI=1S/C13H22O/c1-5-6-11-7-9-12(10-8-11)14-13(2,3)4/h7,9-11H,5-6,8H2,1-4H3. The Morgan fingerprint density at radius 3 is 2.57 bits per heavy atom. The number of hydrogen-bond donors (Lipinski definition) is 0. The maximum atomic E-state index is 5.78. The quantitative estimate of drug-likeness (QED) is 0.658. The van der Waals surface area contributed by atoms with E-state index < -0.39 is 0 Å². The molecule has 0 amide bonds. The molecule has 0 radical (unpaired) electrons. The fourth-order valence-electron chi connectivity index (χ4n) is 1.66. The summed E-state index contributed by atoms with van der Waals surface area (Å²) < 4.78 is 5.78. The van der Waals surface area contributed by atoms with Crippen LogP contribution in [-0.2, 0) is 4.74 Å². The first-order valence-electron chi connectivity index (χ1n) is 5.58. The monoisotopic (exact) mass is 194 g/mol. The summed E-state index contributed by atoms with van der Waals surface area (Å²) in [5, 5.41) is 0. The van der Waals surface area contributed by atoms with Crippen molar-refractivity contribution in [3.05, 3.63) is 24.0 Å². The average Bonchev–Trinajstić information content (AvgIpc) is 2.06. The molecule has 1 unspecified atom stereocenters. The van der Waals surface area contributed by atoms with Crippen LogP contribution in [0.4, 0.5) is 0 Å². The van der Waals surface area contributed by atoms with E-state index in [9.17, 15) is 0 Å². The van der Waals surface area contributed by atoms with E-state index in [1.807, 2.05) is 0 Å². The molecule has 1 rings (SSSR count). The van der Waals surface area contributed by atoms with Gasteiger partial charge in [-0.2, -0.15) is 0 Å². The molecule has 1 nitrogen and oxygen atoms in total. The zero-order valence-corrected chi connectivity index (χ0v) is 9.84. The normalized spacial score (nSPS) is 22.0. The van der Waals surface area contributed by atoms with Crippen molar-refractivity contribution in [2.45, 2.75) is 52.6 Å². The van der Waals surface area contributed by atoms with Crippen LogP contribution in [0.3, 0.4) is 0 Å². The van der Waals surface area contributed by atoms with Crippen LogP contribution >= 0.6 is 0 Å². The third-order valence-corrected chi connectivity index (χ3v) is 2.24. The summed E-state index contributed by atoms with van der Waals surface area (Å²) in [5.41, 5.74) is -0.0756. The van der Waals surface area contributed by atoms with Crippen molar-refractivity contribution in [1.29, 1.82) is 0 Å². The molecular formula is C13H22O. The zero-order chi connectivity index (χ0) is 10.6. The Kier molecular flexibility index (Phi) is 3.79. The minimum atomic E-state index is -0.0756. The maximum absolute atomic E-state index is 5.78. The smallest absolute Gasteiger partial charge is 0.115 e. The summed E-state index contributed by atoms with van der Waals surface area (Å²) in [6, 6.07) is 0. The lowest BCUT2D eigenvalue weighted by molar-refractivity contribution is 0.0584. The van der Waals surface area contributed by atoms with Crippen LogP contribution < -0.4 is 0 Å². The Morgan fingerprint density at radius 2 is 2.14 bits per heavy atom. The van der Waals surface area contributed by atoms with Crippen LogP contribution in [0, 0.1) is 5.92 Å². The van der Waals surface area contributed by atoms with E-state index in [0.717, 1.165) is 18.1 Å². The van der Waals surface area contributed by atoms with Crippen molar-refractivity contribution < 1.29 is 4.74 Å². The van der Waals surface area contributed by atoms with Gasteiger partial charge >= 0.3 is 0 Å². The predicted octanol–water partition coefficient (Wildman–Crippen LogP) is 4.06. The largest absolute Gasteiger partial charge is 0.489 e. The van der Waals surface area contributed by atoms with Gasteiger partial charge in [-0.1, -0.05) is 19.4 Å². The van der Waals surface area contributed by atoms with Crippen LogP contribution in [0.5, 0.6) is 0 Å². The Morgan fingerprint density at radius 1 is 1.43 bits per heavy atom. The van der Waals surface area contributed by atoms with Crippen LogP contribution in [0.2, 0.25) is 0 Å². The molecule has 0 fully saturated rings. The Bertz CT molecular complexity index is 230. The van der Waals surface area contributed by atoms with Gasteiger partial charge in [0.2, 0.25) is 0 Å². The molecule has 0 heterocycles. The highest BCUT2D eigenvalue weighted by molar-refractivity contribution is 5.18. The van der Waals surface area contributed by atoms with E-state index in [4.69, 9.17) is 4.74 Å². The first-order chi connectivity index (χ1) is 6.51. The van der Waals surface area contributed by atoms with Gasteiger partial charge in [0.15, 0.2) is 0 Å². The van der Waals surface area contributed by atoms with Crippen molar-refractivity contribution in [3.8, 4) is 0 Å². The van der Waals surface area contributed by atoms with E-state index >= 15 is 0 Å². The SMILES string of the molecule is CCCC1C=CC(OC(C)(C)C)=CC1. The summed E-state index contributed by atoms with van der Waals surface area (Å²) in [5.74, 6) is 1.76. The molecule has 0 saturated carbocycles. The summed E-state index contributed by atoms with van der Waals surface area (Å²) in [6.45, 7) is 8.48. The van der Waals surface area contributed by atoms with Crippen LogP contribution in [0.15, 0.2) is 24.0 Å². The molecule has 0 N–H and O–H groups in total. The van der Waals surface area contributed by atoms with Gasteiger partial charge in [-0.3, -0.25) is 0 Å². The Hall–Kier alpha value is -0.720. The molecule has 0 aromatic heterocycles. The lowest BCUT2D eigenvalue weighted by Gasteiger charge is -2.24. The summed E-state index contributed by atoms with van der Waals surface area (Å²) in [6.07, 6.45) is 10.3. The molecule has 80 valence electrons. The molecule has 0 aromatic rings. The molecule has 1 atom stereocenters. The fraction of sp³-hybridized carbons (Fsp3) is 0.692. The second-order valence-corrected chi connectivity index (χ2v) is 4.96. The highest BCUT2D eigenvalue weighted by Crippen LogP contribution is 2.24. The van der Waals surface area contributed by atoms with Gasteiger partial charge in [-0.15, -0.1) is 0 Å². The Balaban J connectivity index is 2.43. The fourth-order valence-corrected chi connectivity index (χ4v) is 1.66. The highest BCUT2D eigenvalue weighted by Gasteiger charge is 2.14. The van der Waals surface area contributed by atoms with Gasteiger partial charge in [-0.25, -0.2) is 0 Å². The van der Waals surface area contributed by atoms with Crippen LogP contribution in [0.25, 0.3) is 0 Å². The summed E-state index contributed by atoms with van der Waals surface area (Å²) in [7, 11) is 0. The topological polar surface area (TPSA) is 9.23 Å². The second kappa shape index (κ2) is 4.68. The van der Waals surface area contributed by atoms with Gasteiger partial charge < -0.3 is 4.74 Å². The van der Waals surface area contributed by atoms with E-state index in [-0.39, 0.29) is 5.60 Å². The highest BCUT2D eigenvalue weighted by atomic mass is 16.5. The molecular weight excluding hydrogens is 172 g/mol. The van der Waals surface area contributed by atoms with Gasteiger partial charge in [0.1, 0.15) is 11.4 Å². The molecule has 1 aliphatic rings. The van der Waals surface area contributed by atoms with Gasteiger partial charge in [0, 0.05) is 0 Å².